The lowest BCUT2D eigenvalue weighted by atomic mass is 10.2. The molecule has 0 fully saturated rings. The molecule has 0 atom stereocenters. The van der Waals surface area contributed by atoms with Crippen molar-refractivity contribution in [2.75, 3.05) is 0 Å². The molecule has 0 amide bonds. The summed E-state index contributed by atoms with van der Waals surface area (Å²) in [6.45, 7) is 1.86. The zero-order valence-corrected chi connectivity index (χ0v) is 8.36. The summed E-state index contributed by atoms with van der Waals surface area (Å²) in [4.78, 5) is 12.3. The third kappa shape index (κ3) is 1.72. The summed E-state index contributed by atoms with van der Waals surface area (Å²) in [6.07, 6.45) is 6.70. The number of hydrogen-bond acceptors (Lipinski definition) is 3. The van der Waals surface area contributed by atoms with Gasteiger partial charge in [-0.2, -0.15) is 0 Å². The van der Waals surface area contributed by atoms with E-state index in [1.807, 2.05) is 13.0 Å². The van der Waals surface area contributed by atoms with Crippen LogP contribution in [0.15, 0.2) is 30.9 Å². The highest BCUT2D eigenvalue weighted by Gasteiger charge is 2.02. The molecule has 0 aliphatic rings. The molecule has 3 nitrogen and oxygen atoms in total. The van der Waals surface area contributed by atoms with Crippen molar-refractivity contribution in [2.45, 2.75) is 6.92 Å². The van der Waals surface area contributed by atoms with Crippen LogP contribution in [0.1, 0.15) is 5.69 Å². The normalized spacial score (nSPS) is 10.1. The Morgan fingerprint density at radius 2 is 2.00 bits per heavy atom. The molecule has 0 unspecified atom stereocenters. The van der Waals surface area contributed by atoms with Crippen LogP contribution < -0.4 is 0 Å². The number of hydrogen-bond donors (Lipinski definition) is 0. The molecule has 0 radical (unpaired) electrons. The van der Waals surface area contributed by atoms with E-state index in [9.17, 15) is 0 Å². The molecule has 2 heterocycles. The Morgan fingerprint density at radius 3 is 2.64 bits per heavy atom. The largest absolute Gasteiger partial charge is 0.261 e. The van der Waals surface area contributed by atoms with Crippen LogP contribution >= 0.6 is 11.6 Å². The number of nitrogens with zero attached hydrogens (tertiary/aromatic N) is 3. The highest BCUT2D eigenvalue weighted by atomic mass is 35.5. The number of halogens is 1. The van der Waals surface area contributed by atoms with Gasteiger partial charge in [0.15, 0.2) is 0 Å². The summed E-state index contributed by atoms with van der Waals surface area (Å²) >= 11 is 5.95. The molecular formula is C10H8ClN3. The first-order valence-corrected chi connectivity index (χ1v) is 4.53. The van der Waals surface area contributed by atoms with Crippen molar-refractivity contribution < 1.29 is 0 Å². The Morgan fingerprint density at radius 1 is 1.14 bits per heavy atom. The highest BCUT2D eigenvalue weighted by molar-refractivity contribution is 6.31. The fourth-order valence-electron chi connectivity index (χ4n) is 1.09. The summed E-state index contributed by atoms with van der Waals surface area (Å²) < 4.78 is 0. The highest BCUT2D eigenvalue weighted by Crippen LogP contribution is 2.20. The summed E-state index contributed by atoms with van der Waals surface area (Å²) in [6, 6.07) is 1.84. The van der Waals surface area contributed by atoms with E-state index in [0.29, 0.717) is 5.02 Å². The van der Waals surface area contributed by atoms with Crippen molar-refractivity contribution in [1.29, 1.82) is 0 Å². The maximum atomic E-state index is 5.95. The monoisotopic (exact) mass is 205 g/mol. The van der Waals surface area contributed by atoms with Crippen LogP contribution in [0, 0.1) is 6.92 Å². The second-order valence-electron chi connectivity index (χ2n) is 2.88. The van der Waals surface area contributed by atoms with Crippen LogP contribution in [0.5, 0.6) is 0 Å². The Balaban J connectivity index is 2.48. The van der Waals surface area contributed by atoms with Gasteiger partial charge in [-0.05, 0) is 13.0 Å². The second kappa shape index (κ2) is 3.72. The quantitative estimate of drug-likeness (QED) is 0.718. The van der Waals surface area contributed by atoms with Crippen LogP contribution in [0.2, 0.25) is 5.02 Å². The molecule has 2 aromatic rings. The average Bonchev–Trinajstić information content (AvgIpc) is 2.23. The molecule has 0 spiro atoms. The van der Waals surface area contributed by atoms with E-state index in [4.69, 9.17) is 11.6 Å². The maximum Gasteiger partial charge on any atom is 0.0901 e. The minimum atomic E-state index is 0.646. The van der Waals surface area contributed by atoms with Gasteiger partial charge in [0.05, 0.1) is 22.6 Å². The van der Waals surface area contributed by atoms with E-state index in [0.717, 1.165) is 17.0 Å². The predicted octanol–water partition coefficient (Wildman–Crippen LogP) is 2.50. The zero-order valence-electron chi connectivity index (χ0n) is 7.61. The van der Waals surface area contributed by atoms with Gasteiger partial charge < -0.3 is 0 Å². The van der Waals surface area contributed by atoms with Gasteiger partial charge >= 0.3 is 0 Å². The Labute approximate surface area is 86.8 Å². The topological polar surface area (TPSA) is 38.7 Å². The molecule has 0 bridgehead atoms. The molecule has 0 N–H and O–H groups in total. The molecule has 0 aromatic carbocycles. The van der Waals surface area contributed by atoms with Crippen molar-refractivity contribution >= 4 is 11.6 Å². The number of aryl methyl sites for hydroxylation is 1. The molecule has 4 heteroatoms. The lowest BCUT2D eigenvalue weighted by molar-refractivity contribution is 1.17. The van der Waals surface area contributed by atoms with Gasteiger partial charge in [0.25, 0.3) is 0 Å². The molecule has 70 valence electrons. The van der Waals surface area contributed by atoms with Crippen molar-refractivity contribution in [3.63, 3.8) is 0 Å². The van der Waals surface area contributed by atoms with Gasteiger partial charge in [-0.25, -0.2) is 0 Å². The third-order valence-electron chi connectivity index (χ3n) is 1.88. The molecule has 14 heavy (non-hydrogen) atoms. The zero-order chi connectivity index (χ0) is 9.97. The van der Waals surface area contributed by atoms with Crippen LogP contribution in [0.25, 0.3) is 11.3 Å². The molecule has 0 saturated carbocycles. The molecular weight excluding hydrogens is 198 g/mol. The van der Waals surface area contributed by atoms with Crippen LogP contribution in [-0.4, -0.2) is 15.0 Å². The van der Waals surface area contributed by atoms with E-state index in [1.165, 1.54) is 0 Å². The maximum absolute atomic E-state index is 5.95. The first-order valence-electron chi connectivity index (χ1n) is 4.16. The predicted molar refractivity (Wildman–Crippen MR) is 55.0 cm³/mol. The number of pyridine rings is 1. The van der Waals surface area contributed by atoms with Gasteiger partial charge in [-0.1, -0.05) is 11.6 Å². The molecule has 0 aliphatic carbocycles. The standard InChI is InChI=1S/C10H8ClN3/c1-7-9(11)4-8(5-14-7)10-6-12-2-3-13-10/h2-6H,1H3. The fourth-order valence-corrected chi connectivity index (χ4v) is 1.26. The van der Waals surface area contributed by atoms with E-state index >= 15 is 0 Å². The van der Waals surface area contributed by atoms with Gasteiger partial charge in [0.1, 0.15) is 0 Å². The molecule has 0 saturated heterocycles. The van der Waals surface area contributed by atoms with Crippen LogP contribution in [-0.2, 0) is 0 Å². The summed E-state index contributed by atoms with van der Waals surface area (Å²) in [5.74, 6) is 0. The van der Waals surface area contributed by atoms with Crippen molar-refractivity contribution in [3.8, 4) is 11.3 Å². The second-order valence-corrected chi connectivity index (χ2v) is 3.29. The van der Waals surface area contributed by atoms with Crippen molar-refractivity contribution in [1.82, 2.24) is 15.0 Å². The lowest BCUT2D eigenvalue weighted by Crippen LogP contribution is -1.88. The average molecular weight is 206 g/mol. The van der Waals surface area contributed by atoms with Crippen LogP contribution in [0.4, 0.5) is 0 Å². The Kier molecular flexibility index (Phi) is 2.41. The third-order valence-corrected chi connectivity index (χ3v) is 2.27. The van der Waals surface area contributed by atoms with E-state index in [2.05, 4.69) is 15.0 Å². The van der Waals surface area contributed by atoms with E-state index in [1.54, 1.807) is 24.8 Å². The van der Waals surface area contributed by atoms with Gasteiger partial charge in [0, 0.05) is 24.2 Å². The first kappa shape index (κ1) is 9.09. The molecule has 2 aromatic heterocycles. The minimum Gasteiger partial charge on any atom is -0.261 e. The number of aromatic nitrogens is 3. The minimum absolute atomic E-state index is 0.646. The smallest absolute Gasteiger partial charge is 0.0901 e. The summed E-state index contributed by atoms with van der Waals surface area (Å²) in [5.41, 5.74) is 2.48. The lowest BCUT2D eigenvalue weighted by Gasteiger charge is -2.01. The number of rotatable bonds is 1. The molecule has 0 aliphatic heterocycles. The fraction of sp³-hybridized carbons (Fsp3) is 0.100. The molecule has 2 rings (SSSR count). The van der Waals surface area contributed by atoms with Gasteiger partial charge in [-0.3, -0.25) is 15.0 Å². The van der Waals surface area contributed by atoms with Gasteiger partial charge in [-0.15, -0.1) is 0 Å². The van der Waals surface area contributed by atoms with E-state index in [-0.39, 0.29) is 0 Å². The van der Waals surface area contributed by atoms with Crippen molar-refractivity contribution in [2.24, 2.45) is 0 Å². The Bertz CT molecular complexity index is 442. The first-order chi connectivity index (χ1) is 6.77. The Hall–Kier alpha value is -1.48. The summed E-state index contributed by atoms with van der Waals surface area (Å²) in [7, 11) is 0. The van der Waals surface area contributed by atoms with Gasteiger partial charge in [0.2, 0.25) is 0 Å². The van der Waals surface area contributed by atoms with Crippen LogP contribution in [0.3, 0.4) is 0 Å². The van der Waals surface area contributed by atoms with Crippen molar-refractivity contribution in [3.05, 3.63) is 41.6 Å². The van der Waals surface area contributed by atoms with E-state index < -0.39 is 0 Å². The summed E-state index contributed by atoms with van der Waals surface area (Å²) in [5, 5.41) is 0.646. The SMILES string of the molecule is Cc1ncc(-c2cnccn2)cc1Cl.